The second-order valence-corrected chi connectivity index (χ2v) is 9.69. The second-order valence-electron chi connectivity index (χ2n) is 6.36. The number of rotatable bonds is 5. The van der Waals surface area contributed by atoms with E-state index in [1.54, 1.807) is 4.90 Å². The molecule has 8 nitrogen and oxygen atoms in total. The van der Waals surface area contributed by atoms with Crippen LogP contribution in [0.25, 0.3) is 10.2 Å². The van der Waals surface area contributed by atoms with Gasteiger partial charge in [-0.15, -0.1) is 0 Å². The van der Waals surface area contributed by atoms with Crippen molar-refractivity contribution in [3.63, 3.8) is 0 Å². The third-order valence-electron chi connectivity index (χ3n) is 4.20. The van der Waals surface area contributed by atoms with Crippen molar-refractivity contribution in [1.29, 1.82) is 0 Å². The van der Waals surface area contributed by atoms with Crippen LogP contribution in [0.4, 0.5) is 9.52 Å². The number of halogens is 1. The summed E-state index contributed by atoms with van der Waals surface area (Å²) in [6.45, 7) is 0.543. The van der Waals surface area contributed by atoms with Gasteiger partial charge in [0.2, 0.25) is 11.8 Å². The van der Waals surface area contributed by atoms with Gasteiger partial charge in [0, 0.05) is 20.1 Å². The summed E-state index contributed by atoms with van der Waals surface area (Å²) >= 11 is 1.15. The average molecular weight is 414 g/mol. The Balaban J connectivity index is 1.51. The predicted octanol–water partition coefficient (Wildman–Crippen LogP) is 0.563. The van der Waals surface area contributed by atoms with Crippen LogP contribution < -0.4 is 5.32 Å². The van der Waals surface area contributed by atoms with Crippen LogP contribution in [-0.2, 0) is 19.4 Å². The Hall–Kier alpha value is -2.11. The average Bonchev–Trinajstić information content (AvgIpc) is 2.97. The van der Waals surface area contributed by atoms with Crippen LogP contribution in [0.15, 0.2) is 18.2 Å². The number of anilines is 1. The van der Waals surface area contributed by atoms with Crippen molar-refractivity contribution in [2.75, 3.05) is 50.0 Å². The fraction of sp³-hybridized carbons (Fsp3) is 0.438. The van der Waals surface area contributed by atoms with Crippen molar-refractivity contribution >= 4 is 48.3 Å². The Morgan fingerprint density at radius 3 is 2.74 bits per heavy atom. The number of benzene rings is 1. The lowest BCUT2D eigenvalue weighted by Gasteiger charge is -2.27. The summed E-state index contributed by atoms with van der Waals surface area (Å²) in [5.41, 5.74) is 0.584. The van der Waals surface area contributed by atoms with E-state index in [0.29, 0.717) is 28.4 Å². The molecule has 1 saturated heterocycles. The lowest BCUT2D eigenvalue weighted by molar-refractivity contribution is -0.134. The van der Waals surface area contributed by atoms with Crippen LogP contribution in [0.5, 0.6) is 0 Å². The maximum atomic E-state index is 13.2. The zero-order chi connectivity index (χ0) is 19.6. The molecule has 0 atom stereocenters. The fourth-order valence-corrected chi connectivity index (χ4v) is 4.82. The van der Waals surface area contributed by atoms with Crippen molar-refractivity contribution in [1.82, 2.24) is 14.8 Å². The van der Waals surface area contributed by atoms with E-state index in [2.05, 4.69) is 10.3 Å². The summed E-state index contributed by atoms with van der Waals surface area (Å²) in [7, 11) is -1.49. The highest BCUT2D eigenvalue weighted by atomic mass is 32.2. The van der Waals surface area contributed by atoms with Crippen LogP contribution >= 0.6 is 11.3 Å². The van der Waals surface area contributed by atoms with E-state index in [4.69, 9.17) is 0 Å². The van der Waals surface area contributed by atoms with Crippen molar-refractivity contribution in [3.8, 4) is 0 Å². The van der Waals surface area contributed by atoms with Gasteiger partial charge in [-0.05, 0) is 18.2 Å². The minimum absolute atomic E-state index is 0.0443. The molecule has 0 aliphatic carbocycles. The normalized spacial score (nSPS) is 17.0. The molecule has 1 aliphatic rings. The third kappa shape index (κ3) is 5.21. The molecule has 146 valence electrons. The molecule has 3 rings (SSSR count). The number of fused-ring (bicyclic) bond motifs is 1. The molecule has 0 spiro atoms. The number of hydrogen-bond acceptors (Lipinski definition) is 7. The van der Waals surface area contributed by atoms with Crippen molar-refractivity contribution in [2.24, 2.45) is 0 Å². The van der Waals surface area contributed by atoms with Crippen LogP contribution in [-0.4, -0.2) is 79.7 Å². The Kier molecular flexibility index (Phi) is 5.72. The van der Waals surface area contributed by atoms with Gasteiger partial charge in [0.15, 0.2) is 15.0 Å². The van der Waals surface area contributed by atoms with Gasteiger partial charge in [-0.1, -0.05) is 11.3 Å². The third-order valence-corrected chi connectivity index (χ3v) is 6.74. The molecule has 27 heavy (non-hydrogen) atoms. The number of sulfone groups is 1. The molecule has 2 heterocycles. The topological polar surface area (TPSA) is 99.7 Å². The maximum absolute atomic E-state index is 13.2. The Morgan fingerprint density at radius 2 is 2.04 bits per heavy atom. The molecule has 1 N–H and O–H groups in total. The Morgan fingerprint density at radius 1 is 1.33 bits per heavy atom. The number of aromatic nitrogens is 1. The molecule has 11 heteroatoms. The zero-order valence-corrected chi connectivity index (χ0v) is 16.3. The highest BCUT2D eigenvalue weighted by Gasteiger charge is 2.24. The maximum Gasteiger partial charge on any atom is 0.245 e. The van der Waals surface area contributed by atoms with Gasteiger partial charge in [-0.2, -0.15) is 0 Å². The minimum atomic E-state index is -3.00. The molecular weight excluding hydrogens is 395 g/mol. The number of carbonyl (C=O) groups excluding carboxylic acids is 2. The molecule has 2 amide bonds. The van der Waals surface area contributed by atoms with E-state index in [1.807, 2.05) is 0 Å². The smallest absolute Gasteiger partial charge is 0.245 e. The largest absolute Gasteiger partial charge is 0.335 e. The first-order valence-corrected chi connectivity index (χ1v) is 10.9. The predicted molar refractivity (Wildman–Crippen MR) is 101 cm³/mol. The molecular formula is C16H19FN4O4S2. The molecule has 1 aromatic carbocycles. The number of nitrogens with zero attached hydrogens (tertiary/aromatic N) is 3. The summed E-state index contributed by atoms with van der Waals surface area (Å²) in [4.78, 5) is 31.6. The molecule has 1 aromatic heterocycles. The lowest BCUT2D eigenvalue weighted by Crippen LogP contribution is -2.46. The first-order valence-electron chi connectivity index (χ1n) is 8.24. The first-order chi connectivity index (χ1) is 12.7. The quantitative estimate of drug-likeness (QED) is 0.768. The van der Waals surface area contributed by atoms with E-state index >= 15 is 0 Å². The van der Waals surface area contributed by atoms with E-state index < -0.39 is 15.7 Å². The molecule has 1 fully saturated rings. The number of carbonyl (C=O) groups is 2. The first kappa shape index (κ1) is 19.6. The molecule has 0 saturated carbocycles. The Labute approximate surface area is 159 Å². The molecule has 0 bridgehead atoms. The van der Waals surface area contributed by atoms with Gasteiger partial charge in [0.1, 0.15) is 5.82 Å². The number of hydrogen-bond donors (Lipinski definition) is 1. The summed E-state index contributed by atoms with van der Waals surface area (Å²) in [5.74, 6) is -0.965. The van der Waals surface area contributed by atoms with Crippen molar-refractivity contribution < 1.29 is 22.4 Å². The summed E-state index contributed by atoms with van der Waals surface area (Å²) in [5, 5.41) is 2.95. The lowest BCUT2D eigenvalue weighted by atomic mass is 10.3. The number of amides is 2. The van der Waals surface area contributed by atoms with Gasteiger partial charge < -0.3 is 10.2 Å². The summed E-state index contributed by atoms with van der Waals surface area (Å²) in [6.07, 6.45) is 0. The minimum Gasteiger partial charge on any atom is -0.335 e. The molecule has 0 radical (unpaired) electrons. The van der Waals surface area contributed by atoms with Crippen LogP contribution in [0, 0.1) is 5.82 Å². The highest BCUT2D eigenvalue weighted by molar-refractivity contribution is 7.91. The Bertz CT molecular complexity index is 962. The van der Waals surface area contributed by atoms with E-state index in [9.17, 15) is 22.4 Å². The van der Waals surface area contributed by atoms with E-state index in [1.165, 1.54) is 30.1 Å². The van der Waals surface area contributed by atoms with Crippen LogP contribution in [0.2, 0.25) is 0 Å². The van der Waals surface area contributed by atoms with E-state index in [-0.39, 0.29) is 36.3 Å². The highest BCUT2D eigenvalue weighted by Crippen LogP contribution is 2.26. The van der Waals surface area contributed by atoms with Crippen LogP contribution in [0.1, 0.15) is 0 Å². The van der Waals surface area contributed by atoms with Crippen molar-refractivity contribution in [2.45, 2.75) is 0 Å². The van der Waals surface area contributed by atoms with Gasteiger partial charge in [-0.3, -0.25) is 14.5 Å². The number of thiazole rings is 1. The van der Waals surface area contributed by atoms with Gasteiger partial charge >= 0.3 is 0 Å². The summed E-state index contributed by atoms with van der Waals surface area (Å²) in [6, 6.07) is 4.17. The monoisotopic (exact) mass is 414 g/mol. The second kappa shape index (κ2) is 7.87. The van der Waals surface area contributed by atoms with Gasteiger partial charge in [0.25, 0.3) is 0 Å². The van der Waals surface area contributed by atoms with Gasteiger partial charge in [0.05, 0.1) is 34.8 Å². The molecule has 0 unspecified atom stereocenters. The fourth-order valence-electron chi connectivity index (χ4n) is 2.63. The van der Waals surface area contributed by atoms with E-state index in [0.717, 1.165) is 11.3 Å². The molecule has 1 aliphatic heterocycles. The SMILES string of the molecule is CN(CC(=O)Nc1nc2ccc(F)cc2s1)C(=O)CN1CCS(=O)(=O)CC1. The van der Waals surface area contributed by atoms with Crippen molar-refractivity contribution in [3.05, 3.63) is 24.0 Å². The summed E-state index contributed by atoms with van der Waals surface area (Å²) < 4.78 is 36.7. The van der Waals surface area contributed by atoms with Crippen LogP contribution in [0.3, 0.4) is 0 Å². The molecule has 2 aromatic rings. The number of likely N-dealkylation sites (N-methyl/N-ethyl adjacent to an activating group) is 1. The zero-order valence-electron chi connectivity index (χ0n) is 14.6. The standard InChI is InChI=1S/C16H19FN4O4S2/c1-20(15(23)10-21-4-6-27(24,25)7-5-21)9-14(22)19-16-18-12-3-2-11(17)8-13(12)26-16/h2-3,8H,4-7,9-10H2,1H3,(H,18,19,22). The van der Waals surface area contributed by atoms with Gasteiger partial charge in [-0.25, -0.2) is 17.8 Å². The number of nitrogens with one attached hydrogen (secondary N) is 1.